The van der Waals surface area contributed by atoms with Crippen LogP contribution >= 0.6 is 0 Å². The number of nitrogens with zero attached hydrogens (tertiary/aromatic N) is 2. The Bertz CT molecular complexity index is 784. The van der Waals surface area contributed by atoms with Gasteiger partial charge in [-0.15, -0.1) is 10.2 Å². The second-order valence-electron chi connectivity index (χ2n) is 5.25. The van der Waals surface area contributed by atoms with Crippen molar-refractivity contribution in [3.8, 4) is 11.3 Å². The molecule has 0 unspecified atom stereocenters. The molecule has 2 rings (SSSR count). The number of aromatic nitrogens is 2. The van der Waals surface area contributed by atoms with E-state index in [0.29, 0.717) is 11.4 Å². The van der Waals surface area contributed by atoms with Gasteiger partial charge in [0.05, 0.1) is 5.69 Å². The van der Waals surface area contributed by atoms with Gasteiger partial charge in [-0.05, 0) is 24.3 Å². The molecule has 1 aromatic heterocycles. The lowest BCUT2D eigenvalue weighted by atomic mass is 10.1. The second-order valence-corrected chi connectivity index (χ2v) is 7.22. The van der Waals surface area contributed by atoms with Crippen LogP contribution in [0.5, 0.6) is 0 Å². The third kappa shape index (κ3) is 3.88. The van der Waals surface area contributed by atoms with Crippen molar-refractivity contribution in [1.29, 1.82) is 0 Å². The van der Waals surface area contributed by atoms with Crippen LogP contribution in [0.1, 0.15) is 13.8 Å². The average molecular weight is 319 g/mol. The molecule has 1 N–H and O–H groups in total. The third-order valence-electron chi connectivity index (χ3n) is 2.97. The van der Waals surface area contributed by atoms with Gasteiger partial charge in [0.2, 0.25) is 5.91 Å². The van der Waals surface area contributed by atoms with Crippen molar-refractivity contribution in [2.24, 2.45) is 5.92 Å². The maximum absolute atomic E-state index is 11.7. The number of rotatable bonds is 4. The second kappa shape index (κ2) is 6.23. The van der Waals surface area contributed by atoms with Gasteiger partial charge in [-0.25, -0.2) is 8.42 Å². The molecule has 0 aliphatic rings. The van der Waals surface area contributed by atoms with Crippen molar-refractivity contribution < 1.29 is 13.2 Å². The highest BCUT2D eigenvalue weighted by Gasteiger charge is 2.11. The molecule has 0 atom stereocenters. The van der Waals surface area contributed by atoms with Crippen molar-refractivity contribution >= 4 is 21.4 Å². The fraction of sp³-hybridized carbons (Fsp3) is 0.267. The highest BCUT2D eigenvalue weighted by atomic mass is 32.2. The molecule has 1 heterocycles. The standard InChI is InChI=1S/C15H17N3O3S/c1-10(2)15(19)16-12-6-4-5-11(9-12)13-7-8-14(18-17-13)22(3,20)21/h4-10H,1-3H3,(H,16,19). The number of carbonyl (C=O) groups is 1. The van der Waals surface area contributed by atoms with E-state index in [1.165, 1.54) is 6.07 Å². The van der Waals surface area contributed by atoms with Crippen LogP contribution in [0.4, 0.5) is 5.69 Å². The quantitative estimate of drug-likeness (QED) is 0.932. The van der Waals surface area contributed by atoms with Crippen LogP contribution in [0.25, 0.3) is 11.3 Å². The summed E-state index contributed by atoms with van der Waals surface area (Å²) < 4.78 is 22.7. The molecule has 0 fully saturated rings. The molecule has 1 amide bonds. The Labute approximate surface area is 129 Å². The third-order valence-corrected chi connectivity index (χ3v) is 3.95. The number of hydrogen-bond acceptors (Lipinski definition) is 5. The molecule has 0 bridgehead atoms. The monoisotopic (exact) mass is 319 g/mol. The highest BCUT2D eigenvalue weighted by Crippen LogP contribution is 2.21. The average Bonchev–Trinajstić information content (AvgIpc) is 2.46. The Balaban J connectivity index is 2.28. The fourth-order valence-electron chi connectivity index (χ4n) is 1.71. The van der Waals surface area contributed by atoms with Gasteiger partial charge in [0.1, 0.15) is 0 Å². The van der Waals surface area contributed by atoms with Gasteiger partial charge in [0.25, 0.3) is 0 Å². The van der Waals surface area contributed by atoms with Gasteiger partial charge in [0.15, 0.2) is 14.9 Å². The number of benzene rings is 1. The molecule has 0 spiro atoms. The first-order valence-electron chi connectivity index (χ1n) is 6.72. The van der Waals surface area contributed by atoms with Gasteiger partial charge in [-0.2, -0.15) is 0 Å². The number of hydrogen-bond donors (Lipinski definition) is 1. The summed E-state index contributed by atoms with van der Waals surface area (Å²) in [7, 11) is -3.37. The van der Waals surface area contributed by atoms with Gasteiger partial charge < -0.3 is 5.32 Å². The van der Waals surface area contributed by atoms with Crippen molar-refractivity contribution in [1.82, 2.24) is 10.2 Å². The summed E-state index contributed by atoms with van der Waals surface area (Å²) in [6, 6.07) is 10.2. The summed E-state index contributed by atoms with van der Waals surface area (Å²) in [5.74, 6) is -0.187. The minimum atomic E-state index is -3.37. The van der Waals surface area contributed by atoms with E-state index >= 15 is 0 Å². The first-order valence-corrected chi connectivity index (χ1v) is 8.61. The van der Waals surface area contributed by atoms with E-state index in [4.69, 9.17) is 0 Å². The number of nitrogens with one attached hydrogen (secondary N) is 1. The molecule has 0 saturated heterocycles. The summed E-state index contributed by atoms with van der Waals surface area (Å²) in [5.41, 5.74) is 1.94. The van der Waals surface area contributed by atoms with Crippen LogP contribution in [0.2, 0.25) is 0 Å². The molecule has 22 heavy (non-hydrogen) atoms. The summed E-state index contributed by atoms with van der Waals surface area (Å²) in [4.78, 5) is 11.7. The molecule has 7 heteroatoms. The van der Waals surface area contributed by atoms with E-state index < -0.39 is 9.84 Å². The molecule has 2 aromatic rings. The Morgan fingerprint density at radius 1 is 1.14 bits per heavy atom. The molecular formula is C15H17N3O3S. The molecule has 0 saturated carbocycles. The summed E-state index contributed by atoms with van der Waals surface area (Å²) in [6.45, 7) is 3.63. The van der Waals surface area contributed by atoms with Gasteiger partial charge in [-0.3, -0.25) is 4.79 Å². The minimum Gasteiger partial charge on any atom is -0.326 e. The van der Waals surface area contributed by atoms with Crippen molar-refractivity contribution in [2.75, 3.05) is 11.6 Å². The SMILES string of the molecule is CC(C)C(=O)Nc1cccc(-c2ccc(S(C)(=O)=O)nn2)c1. The topological polar surface area (TPSA) is 89.0 Å². The maximum Gasteiger partial charge on any atom is 0.226 e. The Morgan fingerprint density at radius 2 is 1.86 bits per heavy atom. The summed E-state index contributed by atoms with van der Waals surface area (Å²) >= 11 is 0. The Morgan fingerprint density at radius 3 is 2.41 bits per heavy atom. The smallest absolute Gasteiger partial charge is 0.226 e. The van der Waals surface area contributed by atoms with Crippen molar-refractivity contribution in [2.45, 2.75) is 18.9 Å². The molecule has 116 valence electrons. The normalized spacial score (nSPS) is 11.5. The maximum atomic E-state index is 11.7. The number of anilines is 1. The van der Waals surface area contributed by atoms with E-state index in [9.17, 15) is 13.2 Å². The van der Waals surface area contributed by atoms with Crippen molar-refractivity contribution in [3.63, 3.8) is 0 Å². The predicted octanol–water partition coefficient (Wildman–Crippen LogP) is 2.14. The zero-order valence-electron chi connectivity index (χ0n) is 12.6. The molecule has 0 aliphatic carbocycles. The molecular weight excluding hydrogens is 302 g/mol. The van der Waals surface area contributed by atoms with Crippen molar-refractivity contribution in [3.05, 3.63) is 36.4 Å². The first kappa shape index (κ1) is 16.1. The first-order chi connectivity index (χ1) is 10.3. The van der Waals surface area contributed by atoms with Crippen LogP contribution in [0.3, 0.4) is 0 Å². The lowest BCUT2D eigenvalue weighted by molar-refractivity contribution is -0.118. The predicted molar refractivity (Wildman–Crippen MR) is 84.0 cm³/mol. The molecule has 6 nitrogen and oxygen atoms in total. The van der Waals surface area contributed by atoms with Crippen LogP contribution < -0.4 is 5.32 Å². The zero-order valence-corrected chi connectivity index (χ0v) is 13.4. The number of amides is 1. The van der Waals surface area contributed by atoms with Gasteiger partial charge in [-0.1, -0.05) is 26.0 Å². The van der Waals surface area contributed by atoms with Gasteiger partial charge in [0, 0.05) is 23.4 Å². The van der Waals surface area contributed by atoms with E-state index in [2.05, 4.69) is 15.5 Å². The van der Waals surface area contributed by atoms with Crippen LogP contribution in [-0.4, -0.2) is 30.8 Å². The van der Waals surface area contributed by atoms with E-state index in [-0.39, 0.29) is 16.9 Å². The number of carbonyl (C=O) groups excluding carboxylic acids is 1. The Kier molecular flexibility index (Phi) is 4.56. The molecule has 0 aliphatic heterocycles. The molecule has 1 aromatic carbocycles. The molecule has 0 radical (unpaired) electrons. The lowest BCUT2D eigenvalue weighted by Crippen LogP contribution is -2.17. The largest absolute Gasteiger partial charge is 0.326 e. The van der Waals surface area contributed by atoms with Gasteiger partial charge >= 0.3 is 0 Å². The summed E-state index contributed by atoms with van der Waals surface area (Å²) in [5, 5.41) is 10.4. The fourth-order valence-corrected chi connectivity index (χ4v) is 2.22. The zero-order chi connectivity index (χ0) is 16.3. The van der Waals surface area contributed by atoms with E-state index in [1.54, 1.807) is 24.3 Å². The van der Waals surface area contributed by atoms with E-state index in [0.717, 1.165) is 11.8 Å². The summed E-state index contributed by atoms with van der Waals surface area (Å²) in [6.07, 6.45) is 1.08. The minimum absolute atomic E-state index is 0.0690. The van der Waals surface area contributed by atoms with Crippen LogP contribution in [-0.2, 0) is 14.6 Å². The lowest BCUT2D eigenvalue weighted by Gasteiger charge is -2.09. The van der Waals surface area contributed by atoms with Crippen LogP contribution in [0, 0.1) is 5.92 Å². The van der Waals surface area contributed by atoms with E-state index in [1.807, 2.05) is 19.9 Å². The van der Waals surface area contributed by atoms with Crippen LogP contribution in [0.15, 0.2) is 41.4 Å². The highest BCUT2D eigenvalue weighted by molar-refractivity contribution is 7.90. The Hall–Kier alpha value is -2.28. The number of sulfone groups is 1.